The first-order valence-electron chi connectivity index (χ1n) is 10.8. The molecule has 0 spiro atoms. The second-order valence-corrected chi connectivity index (χ2v) is 8.33. The number of hydrogen-bond acceptors (Lipinski definition) is 2. The number of para-hydroxylation sites is 1. The Bertz CT molecular complexity index is 1350. The number of rotatable bonds is 7. The lowest BCUT2D eigenvalue weighted by atomic mass is 10.1. The smallest absolute Gasteiger partial charge is 0.261 e. The average Bonchev–Trinajstić information content (AvgIpc) is 3.10. The number of nitrogens with zero attached hydrogens (tertiary/aromatic N) is 2. The first-order valence-corrected chi connectivity index (χ1v) is 11.2. The Labute approximate surface area is 198 Å². The van der Waals surface area contributed by atoms with Crippen LogP contribution in [0.1, 0.15) is 22.4 Å². The Balaban J connectivity index is 1.61. The molecule has 1 amide bonds. The highest BCUT2D eigenvalue weighted by atomic mass is 35.5. The van der Waals surface area contributed by atoms with Crippen LogP contribution in [0.2, 0.25) is 5.02 Å². The maximum absolute atomic E-state index is 12.7. The molecule has 33 heavy (non-hydrogen) atoms. The van der Waals surface area contributed by atoms with Gasteiger partial charge in [-0.05, 0) is 48.7 Å². The maximum Gasteiger partial charge on any atom is 0.261 e. The van der Waals surface area contributed by atoms with E-state index < -0.39 is 0 Å². The first-order chi connectivity index (χ1) is 16.1. The molecule has 4 aromatic rings. The molecule has 164 valence electrons. The van der Waals surface area contributed by atoms with Gasteiger partial charge in [-0.3, -0.25) is 4.79 Å². The lowest BCUT2D eigenvalue weighted by Gasteiger charge is -2.09. The number of halogens is 1. The molecule has 4 rings (SSSR count). The Hall–Kier alpha value is -3.81. The highest BCUT2D eigenvalue weighted by molar-refractivity contribution is 6.30. The standard InChI is InChI=1S/C28H24ClN3O/c1-20-26(17-23(18-30)28(33)31-16-15-21-7-3-2-4-8-21)25-9-5-6-10-27(25)32(20)19-22-11-13-24(29)14-12-22/h2-14,17H,15-16,19H2,1H3,(H,31,33)/b23-17+. The largest absolute Gasteiger partial charge is 0.351 e. The van der Waals surface area contributed by atoms with Gasteiger partial charge < -0.3 is 9.88 Å². The van der Waals surface area contributed by atoms with Crippen LogP contribution in [0, 0.1) is 18.3 Å². The molecule has 0 atom stereocenters. The van der Waals surface area contributed by atoms with Crippen LogP contribution in [0.4, 0.5) is 0 Å². The molecular formula is C28H24ClN3O. The van der Waals surface area contributed by atoms with E-state index in [4.69, 9.17) is 11.6 Å². The van der Waals surface area contributed by atoms with Crippen LogP contribution in [0.25, 0.3) is 17.0 Å². The van der Waals surface area contributed by atoms with Gasteiger partial charge in [0.15, 0.2) is 0 Å². The lowest BCUT2D eigenvalue weighted by Crippen LogP contribution is -2.26. The van der Waals surface area contributed by atoms with Gasteiger partial charge in [0, 0.05) is 40.3 Å². The second-order valence-electron chi connectivity index (χ2n) is 7.89. The summed E-state index contributed by atoms with van der Waals surface area (Å²) in [6, 6.07) is 27.9. The highest BCUT2D eigenvalue weighted by Crippen LogP contribution is 2.29. The summed E-state index contributed by atoms with van der Waals surface area (Å²) < 4.78 is 2.20. The number of fused-ring (bicyclic) bond motifs is 1. The number of hydrogen-bond donors (Lipinski definition) is 1. The zero-order valence-electron chi connectivity index (χ0n) is 18.4. The molecule has 3 aromatic carbocycles. The van der Waals surface area contributed by atoms with Crippen LogP contribution in [0.5, 0.6) is 0 Å². The van der Waals surface area contributed by atoms with Gasteiger partial charge in [0.25, 0.3) is 5.91 Å². The van der Waals surface area contributed by atoms with Crippen molar-refractivity contribution in [2.45, 2.75) is 19.9 Å². The Morgan fingerprint density at radius 2 is 1.70 bits per heavy atom. The van der Waals surface area contributed by atoms with Crippen molar-refractivity contribution in [1.29, 1.82) is 5.26 Å². The summed E-state index contributed by atoms with van der Waals surface area (Å²) in [5, 5.41) is 14.3. The van der Waals surface area contributed by atoms with Gasteiger partial charge in [-0.15, -0.1) is 0 Å². The van der Waals surface area contributed by atoms with Crippen molar-refractivity contribution in [3.8, 4) is 6.07 Å². The quantitative estimate of drug-likeness (QED) is 0.279. The molecule has 0 aliphatic carbocycles. The Morgan fingerprint density at radius 1 is 1.00 bits per heavy atom. The number of aromatic nitrogens is 1. The molecule has 1 heterocycles. The van der Waals surface area contributed by atoms with Crippen molar-refractivity contribution < 1.29 is 4.79 Å². The minimum absolute atomic E-state index is 0.0977. The third kappa shape index (κ3) is 5.16. The molecule has 0 saturated heterocycles. The summed E-state index contributed by atoms with van der Waals surface area (Å²) in [5.74, 6) is -0.359. The van der Waals surface area contributed by atoms with Gasteiger partial charge >= 0.3 is 0 Å². The third-order valence-electron chi connectivity index (χ3n) is 5.73. The van der Waals surface area contributed by atoms with E-state index in [1.807, 2.05) is 79.7 Å². The third-order valence-corrected chi connectivity index (χ3v) is 5.98. The van der Waals surface area contributed by atoms with E-state index in [0.717, 1.165) is 33.3 Å². The number of carbonyl (C=O) groups excluding carboxylic acids is 1. The normalized spacial score (nSPS) is 11.4. The van der Waals surface area contributed by atoms with Gasteiger partial charge in [0.1, 0.15) is 11.6 Å². The summed E-state index contributed by atoms with van der Waals surface area (Å²) in [4.78, 5) is 12.7. The minimum atomic E-state index is -0.359. The molecule has 0 bridgehead atoms. The summed E-state index contributed by atoms with van der Waals surface area (Å²) >= 11 is 6.04. The number of benzene rings is 3. The van der Waals surface area contributed by atoms with Gasteiger partial charge in [-0.1, -0.05) is 72.3 Å². The van der Waals surface area contributed by atoms with Crippen molar-refractivity contribution in [1.82, 2.24) is 9.88 Å². The lowest BCUT2D eigenvalue weighted by molar-refractivity contribution is -0.117. The minimum Gasteiger partial charge on any atom is -0.351 e. The van der Waals surface area contributed by atoms with E-state index >= 15 is 0 Å². The fourth-order valence-electron chi connectivity index (χ4n) is 3.97. The van der Waals surface area contributed by atoms with Gasteiger partial charge in [-0.25, -0.2) is 0 Å². The van der Waals surface area contributed by atoms with Crippen molar-refractivity contribution in [2.24, 2.45) is 0 Å². The molecule has 5 heteroatoms. The predicted molar refractivity (Wildman–Crippen MR) is 134 cm³/mol. The van der Waals surface area contributed by atoms with Gasteiger partial charge in [0.2, 0.25) is 0 Å². The van der Waals surface area contributed by atoms with Crippen LogP contribution in [0.15, 0.2) is 84.4 Å². The molecule has 0 unspecified atom stereocenters. The summed E-state index contributed by atoms with van der Waals surface area (Å²) in [7, 11) is 0. The fraction of sp³-hybridized carbons (Fsp3) is 0.143. The van der Waals surface area contributed by atoms with Crippen LogP contribution in [-0.4, -0.2) is 17.0 Å². The number of carbonyl (C=O) groups is 1. The van der Waals surface area contributed by atoms with Crippen LogP contribution in [-0.2, 0) is 17.8 Å². The van der Waals surface area contributed by atoms with Crippen molar-refractivity contribution in [3.63, 3.8) is 0 Å². The molecule has 0 saturated carbocycles. The zero-order valence-corrected chi connectivity index (χ0v) is 19.1. The first kappa shape index (κ1) is 22.4. The molecule has 1 aromatic heterocycles. The predicted octanol–water partition coefficient (Wildman–Crippen LogP) is 5.92. The van der Waals surface area contributed by atoms with Crippen molar-refractivity contribution in [2.75, 3.05) is 6.54 Å². The van der Waals surface area contributed by atoms with E-state index in [1.54, 1.807) is 6.08 Å². The topological polar surface area (TPSA) is 57.8 Å². The SMILES string of the molecule is Cc1c(/C=C(\C#N)C(=O)NCCc2ccccc2)c2ccccc2n1Cc1ccc(Cl)cc1. The van der Waals surface area contributed by atoms with Gasteiger partial charge in [-0.2, -0.15) is 5.26 Å². The molecular weight excluding hydrogens is 430 g/mol. The summed E-state index contributed by atoms with van der Waals surface area (Å²) in [6.45, 7) is 3.16. The van der Waals surface area contributed by atoms with E-state index in [2.05, 4.69) is 22.0 Å². The zero-order chi connectivity index (χ0) is 23.2. The van der Waals surface area contributed by atoms with Crippen molar-refractivity contribution in [3.05, 3.63) is 112 Å². The number of amides is 1. The van der Waals surface area contributed by atoms with Crippen LogP contribution < -0.4 is 5.32 Å². The highest BCUT2D eigenvalue weighted by Gasteiger charge is 2.16. The molecule has 0 fully saturated rings. The van der Waals surface area contributed by atoms with E-state index in [-0.39, 0.29) is 11.5 Å². The van der Waals surface area contributed by atoms with E-state index in [9.17, 15) is 10.1 Å². The Morgan fingerprint density at radius 3 is 2.42 bits per heavy atom. The van der Waals surface area contributed by atoms with Crippen molar-refractivity contribution >= 4 is 34.5 Å². The van der Waals surface area contributed by atoms with Crippen LogP contribution >= 0.6 is 11.6 Å². The number of nitrogens with one attached hydrogen (secondary N) is 1. The molecule has 4 nitrogen and oxygen atoms in total. The summed E-state index contributed by atoms with van der Waals surface area (Å²) in [6.07, 6.45) is 2.42. The fourth-order valence-corrected chi connectivity index (χ4v) is 4.10. The van der Waals surface area contributed by atoms with Crippen LogP contribution in [0.3, 0.4) is 0 Å². The molecule has 0 aliphatic rings. The molecule has 0 aliphatic heterocycles. The molecule has 1 N–H and O–H groups in total. The van der Waals surface area contributed by atoms with Gasteiger partial charge in [0.05, 0.1) is 0 Å². The Kier molecular flexibility index (Phi) is 6.92. The van der Waals surface area contributed by atoms with E-state index in [1.165, 1.54) is 0 Å². The number of nitriles is 1. The summed E-state index contributed by atoms with van der Waals surface area (Å²) in [5.41, 5.74) is 5.29. The maximum atomic E-state index is 12.7. The average molecular weight is 454 g/mol. The second kappa shape index (κ2) is 10.2. The monoisotopic (exact) mass is 453 g/mol. The van der Waals surface area contributed by atoms with E-state index in [0.29, 0.717) is 24.5 Å². The molecule has 0 radical (unpaired) electrons.